The Balaban J connectivity index is 2.01. The molecule has 0 unspecified atom stereocenters. The van der Waals surface area contributed by atoms with Gasteiger partial charge in [-0.1, -0.05) is 12.1 Å². The SMILES string of the molecule is COc1ccc2cc(Cc3ccc(O)cc3)c(=O)oc2c1. The lowest BCUT2D eigenvalue weighted by atomic mass is 10.1. The summed E-state index contributed by atoms with van der Waals surface area (Å²) < 4.78 is 10.5. The standard InChI is InChI=1S/C17H14O4/c1-20-15-7-4-12-9-13(17(19)21-16(12)10-15)8-11-2-5-14(18)6-3-11/h2-7,9-10,18H,8H2,1H3. The molecule has 0 bridgehead atoms. The number of aromatic hydroxyl groups is 1. The van der Waals surface area contributed by atoms with Gasteiger partial charge in [0.15, 0.2) is 0 Å². The summed E-state index contributed by atoms with van der Waals surface area (Å²) in [6, 6.07) is 14.0. The van der Waals surface area contributed by atoms with Crippen molar-refractivity contribution in [3.05, 3.63) is 70.1 Å². The smallest absolute Gasteiger partial charge is 0.339 e. The van der Waals surface area contributed by atoms with Crippen molar-refractivity contribution >= 4 is 11.0 Å². The first-order valence-electron chi connectivity index (χ1n) is 6.54. The van der Waals surface area contributed by atoms with Gasteiger partial charge >= 0.3 is 5.63 Å². The molecule has 0 aliphatic rings. The van der Waals surface area contributed by atoms with Gasteiger partial charge in [0.25, 0.3) is 0 Å². The molecule has 106 valence electrons. The number of fused-ring (bicyclic) bond motifs is 1. The normalized spacial score (nSPS) is 10.7. The van der Waals surface area contributed by atoms with Crippen molar-refractivity contribution in [1.29, 1.82) is 0 Å². The predicted octanol–water partition coefficient (Wildman–Crippen LogP) is 3.10. The second-order valence-corrected chi connectivity index (χ2v) is 4.81. The Hall–Kier alpha value is -2.75. The fourth-order valence-electron chi connectivity index (χ4n) is 2.22. The van der Waals surface area contributed by atoms with Crippen molar-refractivity contribution in [2.45, 2.75) is 6.42 Å². The maximum Gasteiger partial charge on any atom is 0.339 e. The minimum Gasteiger partial charge on any atom is -0.508 e. The molecule has 1 N–H and O–H groups in total. The van der Waals surface area contributed by atoms with E-state index in [2.05, 4.69) is 0 Å². The monoisotopic (exact) mass is 282 g/mol. The lowest BCUT2D eigenvalue weighted by Crippen LogP contribution is -2.07. The second kappa shape index (κ2) is 5.32. The Bertz CT molecular complexity index is 832. The van der Waals surface area contributed by atoms with Gasteiger partial charge in [0.2, 0.25) is 0 Å². The van der Waals surface area contributed by atoms with E-state index in [0.717, 1.165) is 10.9 Å². The molecule has 0 saturated heterocycles. The van der Waals surface area contributed by atoms with Gasteiger partial charge in [-0.2, -0.15) is 0 Å². The molecule has 0 fully saturated rings. The zero-order valence-electron chi connectivity index (χ0n) is 11.5. The number of rotatable bonds is 3. The van der Waals surface area contributed by atoms with E-state index in [4.69, 9.17) is 9.15 Å². The van der Waals surface area contributed by atoms with Crippen molar-refractivity contribution in [2.75, 3.05) is 7.11 Å². The molecule has 0 aliphatic carbocycles. The fourth-order valence-corrected chi connectivity index (χ4v) is 2.22. The molecule has 1 heterocycles. The Morgan fingerprint density at radius 1 is 1.10 bits per heavy atom. The number of phenolic OH excluding ortho intramolecular Hbond substituents is 1. The Labute approximate surface area is 121 Å². The third-order valence-electron chi connectivity index (χ3n) is 3.35. The van der Waals surface area contributed by atoms with Gasteiger partial charge in [-0.05, 0) is 35.9 Å². The molecule has 0 amide bonds. The Kier molecular flexibility index (Phi) is 3.36. The highest BCUT2D eigenvalue weighted by atomic mass is 16.5. The van der Waals surface area contributed by atoms with Crippen molar-refractivity contribution in [3.63, 3.8) is 0 Å². The van der Waals surface area contributed by atoms with Crippen LogP contribution in [0.25, 0.3) is 11.0 Å². The van der Waals surface area contributed by atoms with E-state index in [1.165, 1.54) is 0 Å². The van der Waals surface area contributed by atoms with E-state index in [9.17, 15) is 9.90 Å². The number of methoxy groups -OCH3 is 1. The van der Waals surface area contributed by atoms with E-state index < -0.39 is 0 Å². The van der Waals surface area contributed by atoms with E-state index in [1.807, 2.05) is 18.2 Å². The van der Waals surface area contributed by atoms with Crippen LogP contribution in [0.15, 0.2) is 57.7 Å². The molecule has 3 rings (SSSR count). The Morgan fingerprint density at radius 3 is 2.57 bits per heavy atom. The third-order valence-corrected chi connectivity index (χ3v) is 3.35. The summed E-state index contributed by atoms with van der Waals surface area (Å²) >= 11 is 0. The first-order chi connectivity index (χ1) is 10.2. The van der Waals surface area contributed by atoms with Crippen LogP contribution in [0.4, 0.5) is 0 Å². The van der Waals surface area contributed by atoms with Crippen molar-refractivity contribution in [3.8, 4) is 11.5 Å². The third kappa shape index (κ3) is 2.74. The van der Waals surface area contributed by atoms with Crippen LogP contribution in [-0.2, 0) is 6.42 Å². The van der Waals surface area contributed by atoms with E-state index in [1.54, 1.807) is 37.4 Å². The zero-order valence-corrected chi connectivity index (χ0v) is 11.5. The maximum absolute atomic E-state index is 12.0. The highest BCUT2D eigenvalue weighted by Crippen LogP contribution is 2.21. The lowest BCUT2D eigenvalue weighted by molar-refractivity contribution is 0.414. The summed E-state index contributed by atoms with van der Waals surface area (Å²) in [5.74, 6) is 0.855. The molecule has 1 aromatic heterocycles. The van der Waals surface area contributed by atoms with Crippen LogP contribution in [0, 0.1) is 0 Å². The average Bonchev–Trinajstić information content (AvgIpc) is 2.50. The van der Waals surface area contributed by atoms with Crippen molar-refractivity contribution in [2.24, 2.45) is 0 Å². The Morgan fingerprint density at radius 2 is 1.86 bits per heavy atom. The molecule has 0 aliphatic heterocycles. The van der Waals surface area contributed by atoms with E-state index >= 15 is 0 Å². The van der Waals surface area contributed by atoms with Crippen LogP contribution in [0.5, 0.6) is 11.5 Å². The summed E-state index contributed by atoms with van der Waals surface area (Å²) in [5, 5.41) is 10.1. The molecule has 2 aromatic carbocycles. The largest absolute Gasteiger partial charge is 0.508 e. The molecule has 3 aromatic rings. The minimum atomic E-state index is -0.358. The van der Waals surface area contributed by atoms with Crippen LogP contribution in [0.1, 0.15) is 11.1 Å². The number of hydrogen-bond acceptors (Lipinski definition) is 4. The summed E-state index contributed by atoms with van der Waals surface area (Å²) in [5.41, 5.74) is 1.67. The number of phenols is 1. The van der Waals surface area contributed by atoms with Crippen LogP contribution in [0.2, 0.25) is 0 Å². The van der Waals surface area contributed by atoms with E-state index in [0.29, 0.717) is 23.3 Å². The summed E-state index contributed by atoms with van der Waals surface area (Å²) in [7, 11) is 1.57. The van der Waals surface area contributed by atoms with Gasteiger partial charge in [-0.15, -0.1) is 0 Å². The highest BCUT2D eigenvalue weighted by Gasteiger charge is 2.07. The first-order valence-corrected chi connectivity index (χ1v) is 6.54. The lowest BCUT2D eigenvalue weighted by Gasteiger charge is -2.04. The zero-order chi connectivity index (χ0) is 14.8. The van der Waals surface area contributed by atoms with Crippen molar-refractivity contribution in [1.82, 2.24) is 0 Å². The topological polar surface area (TPSA) is 59.7 Å². The minimum absolute atomic E-state index is 0.205. The molecule has 4 heteroatoms. The number of ether oxygens (including phenoxy) is 1. The van der Waals surface area contributed by atoms with Gasteiger partial charge in [-0.25, -0.2) is 4.79 Å². The molecular formula is C17H14O4. The summed E-state index contributed by atoms with van der Waals surface area (Å²) in [6.45, 7) is 0. The molecule has 0 saturated carbocycles. The second-order valence-electron chi connectivity index (χ2n) is 4.81. The van der Waals surface area contributed by atoms with Gasteiger partial charge in [0.05, 0.1) is 7.11 Å². The van der Waals surface area contributed by atoms with Gasteiger partial charge in [0.1, 0.15) is 17.1 Å². The number of benzene rings is 2. The molecule has 21 heavy (non-hydrogen) atoms. The van der Waals surface area contributed by atoms with E-state index in [-0.39, 0.29) is 11.4 Å². The van der Waals surface area contributed by atoms with Crippen LogP contribution >= 0.6 is 0 Å². The van der Waals surface area contributed by atoms with Crippen LogP contribution in [0.3, 0.4) is 0 Å². The first kappa shape index (κ1) is 13.2. The predicted molar refractivity (Wildman–Crippen MR) is 79.9 cm³/mol. The number of hydrogen-bond donors (Lipinski definition) is 1. The molecule has 0 atom stereocenters. The average molecular weight is 282 g/mol. The highest BCUT2D eigenvalue weighted by molar-refractivity contribution is 5.78. The maximum atomic E-state index is 12.0. The van der Waals surface area contributed by atoms with Gasteiger partial charge in [-0.3, -0.25) is 0 Å². The van der Waals surface area contributed by atoms with Gasteiger partial charge < -0.3 is 14.3 Å². The van der Waals surface area contributed by atoms with Crippen LogP contribution < -0.4 is 10.4 Å². The summed E-state index contributed by atoms with van der Waals surface area (Å²) in [4.78, 5) is 12.0. The molecular weight excluding hydrogens is 268 g/mol. The van der Waals surface area contributed by atoms with Crippen molar-refractivity contribution < 1.29 is 14.3 Å². The summed E-state index contributed by atoms with van der Waals surface area (Å²) in [6.07, 6.45) is 0.463. The fraction of sp³-hybridized carbons (Fsp3) is 0.118. The van der Waals surface area contributed by atoms with Gasteiger partial charge in [0, 0.05) is 23.4 Å². The molecule has 0 spiro atoms. The molecule has 0 radical (unpaired) electrons. The molecule has 4 nitrogen and oxygen atoms in total. The van der Waals surface area contributed by atoms with Crippen LogP contribution in [-0.4, -0.2) is 12.2 Å². The quantitative estimate of drug-likeness (QED) is 0.750.